The summed E-state index contributed by atoms with van der Waals surface area (Å²) in [5.41, 5.74) is 0.700. The van der Waals surface area contributed by atoms with Crippen LogP contribution in [0.4, 0.5) is 0 Å². The summed E-state index contributed by atoms with van der Waals surface area (Å²) in [5, 5.41) is 13.5. The zero-order chi connectivity index (χ0) is 23.0. The molecule has 0 spiro atoms. The molecule has 0 aliphatic heterocycles. The van der Waals surface area contributed by atoms with Gasteiger partial charge in [0.2, 0.25) is 7.12 Å². The van der Waals surface area contributed by atoms with Crippen LogP contribution >= 0.6 is 0 Å². The van der Waals surface area contributed by atoms with Crippen LogP contribution in [0.2, 0.25) is 0 Å². The van der Waals surface area contributed by atoms with Crippen molar-refractivity contribution in [1.29, 1.82) is 0 Å². The largest absolute Gasteiger partial charge is 0.853 e. The van der Waals surface area contributed by atoms with Gasteiger partial charge in [-0.05, 0) is 36.5 Å². The first-order valence-corrected chi connectivity index (χ1v) is 12.6. The number of unbranched alkanes of at least 4 members (excludes halogenated alkanes) is 4. The van der Waals surface area contributed by atoms with E-state index < -0.39 is 7.12 Å². The number of rotatable bonds is 14. The summed E-state index contributed by atoms with van der Waals surface area (Å²) in [6, 6.07) is 13.5. The highest BCUT2D eigenvalue weighted by Gasteiger charge is 2.24. The Balaban J connectivity index is 0.000000314. The van der Waals surface area contributed by atoms with Crippen molar-refractivity contribution in [3.63, 3.8) is 0 Å². The topological polar surface area (TPSA) is 32.3 Å². The average Bonchev–Trinajstić information content (AvgIpc) is 2.82. The fourth-order valence-corrected chi connectivity index (χ4v) is 4.23. The molecule has 0 heterocycles. The Morgan fingerprint density at radius 2 is 1.16 bits per heavy atom. The van der Waals surface area contributed by atoms with Crippen LogP contribution in [-0.2, 0) is 4.65 Å². The van der Waals surface area contributed by atoms with Crippen LogP contribution in [0, 0.1) is 0 Å². The van der Waals surface area contributed by atoms with Crippen molar-refractivity contribution >= 4 is 23.4 Å². The molecule has 2 aromatic rings. The molecule has 0 unspecified atom stereocenters. The van der Waals surface area contributed by atoms with Gasteiger partial charge in [0.05, 0.1) is 26.2 Å². The molecule has 31 heavy (non-hydrogen) atoms. The van der Waals surface area contributed by atoms with Gasteiger partial charge in [-0.1, -0.05) is 101 Å². The smallest absolute Gasteiger partial charge is 0.217 e. The van der Waals surface area contributed by atoms with Crippen LogP contribution in [0.5, 0.6) is 0 Å². The summed E-state index contributed by atoms with van der Waals surface area (Å²) in [5.74, 6) is 0. The van der Waals surface area contributed by atoms with Gasteiger partial charge in [-0.3, -0.25) is 0 Å². The zero-order valence-corrected chi connectivity index (χ0v) is 20.9. The summed E-state index contributed by atoms with van der Waals surface area (Å²) in [6.07, 6.45) is 11.1. The van der Waals surface area contributed by atoms with Crippen molar-refractivity contribution in [2.45, 2.75) is 79.1 Å². The van der Waals surface area contributed by atoms with Gasteiger partial charge in [0, 0.05) is 7.11 Å². The summed E-state index contributed by atoms with van der Waals surface area (Å²) in [4.78, 5) is 0. The third-order valence-corrected chi connectivity index (χ3v) is 6.24. The number of hydrogen-bond acceptors (Lipinski definition) is 2. The van der Waals surface area contributed by atoms with Crippen molar-refractivity contribution in [3.05, 3.63) is 42.5 Å². The summed E-state index contributed by atoms with van der Waals surface area (Å²) >= 11 is 0. The van der Waals surface area contributed by atoms with Gasteiger partial charge in [-0.2, -0.15) is 0 Å². The van der Waals surface area contributed by atoms with Gasteiger partial charge < -0.3 is 14.2 Å². The van der Waals surface area contributed by atoms with Gasteiger partial charge in [-0.25, -0.2) is 0 Å². The molecule has 0 saturated heterocycles. The molecule has 3 nitrogen and oxygen atoms in total. The van der Waals surface area contributed by atoms with Crippen molar-refractivity contribution < 1.29 is 14.2 Å². The molecule has 0 fully saturated rings. The van der Waals surface area contributed by atoms with E-state index in [9.17, 15) is 5.02 Å². The molecule has 2 aromatic carbocycles. The summed E-state index contributed by atoms with van der Waals surface area (Å²) in [6.45, 7) is 15.0. The molecule has 0 aromatic heterocycles. The highest BCUT2D eigenvalue weighted by molar-refractivity contribution is 6.61. The lowest BCUT2D eigenvalue weighted by Crippen LogP contribution is -2.50. The van der Waals surface area contributed by atoms with Crippen LogP contribution in [0.3, 0.4) is 0 Å². The molecule has 0 aliphatic rings. The Morgan fingerprint density at radius 3 is 1.61 bits per heavy atom. The maximum Gasteiger partial charge on any atom is 0.217 e. The number of quaternary nitrogens is 1. The van der Waals surface area contributed by atoms with Gasteiger partial charge in [0.15, 0.2) is 0 Å². The summed E-state index contributed by atoms with van der Waals surface area (Å²) in [7, 11) is 0.334. The quantitative estimate of drug-likeness (QED) is 0.293. The van der Waals surface area contributed by atoms with Gasteiger partial charge in [-0.15, -0.1) is 0 Å². The Kier molecular flexibility index (Phi) is 14.6. The molecular weight excluding hydrogens is 381 g/mol. The van der Waals surface area contributed by atoms with Gasteiger partial charge >= 0.3 is 0 Å². The Bertz CT molecular complexity index is 664. The second kappa shape index (κ2) is 16.3. The van der Waals surface area contributed by atoms with E-state index in [4.69, 9.17) is 4.65 Å². The number of benzene rings is 2. The first kappa shape index (κ1) is 27.7. The van der Waals surface area contributed by atoms with Crippen molar-refractivity contribution in [1.82, 2.24) is 0 Å². The number of nitrogens with zero attached hydrogens (tertiary/aromatic N) is 1. The van der Waals surface area contributed by atoms with E-state index in [0.29, 0.717) is 5.46 Å². The van der Waals surface area contributed by atoms with Crippen LogP contribution in [0.25, 0.3) is 10.8 Å². The first-order chi connectivity index (χ1) is 15.1. The van der Waals surface area contributed by atoms with Gasteiger partial charge in [0.1, 0.15) is 0 Å². The minimum Gasteiger partial charge on any atom is -0.853 e. The van der Waals surface area contributed by atoms with E-state index in [1.54, 1.807) is 0 Å². The Hall–Kier alpha value is -1.36. The lowest BCUT2D eigenvalue weighted by Gasteiger charge is -2.39. The lowest BCUT2D eigenvalue weighted by atomic mass is 9.77. The van der Waals surface area contributed by atoms with Crippen LogP contribution in [0.1, 0.15) is 79.1 Å². The molecule has 0 bridgehead atoms. The van der Waals surface area contributed by atoms with E-state index in [-0.39, 0.29) is 0 Å². The molecule has 0 radical (unpaired) electrons. The second-order valence-corrected chi connectivity index (χ2v) is 8.79. The normalized spacial score (nSPS) is 11.3. The molecule has 0 amide bonds. The van der Waals surface area contributed by atoms with Crippen molar-refractivity contribution in [3.8, 4) is 0 Å². The minimum absolute atomic E-state index is 0.700. The molecule has 0 aliphatic carbocycles. The zero-order valence-electron chi connectivity index (χ0n) is 20.9. The third-order valence-electron chi connectivity index (χ3n) is 6.24. The van der Waals surface area contributed by atoms with Gasteiger partial charge in [0.25, 0.3) is 0 Å². The fraction of sp³-hybridized carbons (Fsp3) is 0.630. The van der Waals surface area contributed by atoms with Crippen LogP contribution in [-0.4, -0.2) is 44.9 Å². The van der Waals surface area contributed by atoms with E-state index in [1.807, 2.05) is 42.5 Å². The molecule has 174 valence electrons. The van der Waals surface area contributed by atoms with Crippen LogP contribution in [0.15, 0.2) is 42.5 Å². The SMILES string of the molecule is CCCC[N+](CCCC)(CCCC)CCCC.COB([O-])c1cccc2ccccc12. The van der Waals surface area contributed by atoms with Crippen LogP contribution < -0.4 is 10.5 Å². The molecule has 0 N–H and O–H groups in total. The predicted octanol–water partition coefficient (Wildman–Crippen LogP) is 5.55. The molecular formula is C27H46BNO2. The van der Waals surface area contributed by atoms with E-state index >= 15 is 0 Å². The molecule has 4 heteroatoms. The molecule has 0 saturated carbocycles. The lowest BCUT2D eigenvalue weighted by molar-refractivity contribution is -0.929. The van der Waals surface area contributed by atoms with Crippen molar-refractivity contribution in [2.24, 2.45) is 0 Å². The Labute approximate surface area is 192 Å². The maximum absolute atomic E-state index is 11.5. The minimum atomic E-state index is -1.10. The number of hydrogen-bond donors (Lipinski definition) is 0. The summed E-state index contributed by atoms with van der Waals surface area (Å²) < 4.78 is 6.21. The fourth-order valence-electron chi connectivity index (χ4n) is 4.23. The standard InChI is InChI=1S/C16H36N.C11H10BO2/c1-5-9-13-17(14-10-6-2,15-11-7-3)16-12-8-4;1-14-12(13)11-8-4-6-9-5-2-3-7-10(9)11/h5-16H2,1-4H3;2-8H,1H3/q+1;-1. The number of fused-ring (bicyclic) bond motifs is 1. The highest BCUT2D eigenvalue weighted by Crippen LogP contribution is 2.16. The second-order valence-electron chi connectivity index (χ2n) is 8.79. The van der Waals surface area contributed by atoms with E-state index in [2.05, 4.69) is 27.7 Å². The maximum atomic E-state index is 11.5. The first-order valence-electron chi connectivity index (χ1n) is 12.6. The Morgan fingerprint density at radius 1 is 0.710 bits per heavy atom. The molecule has 0 atom stereocenters. The van der Waals surface area contributed by atoms with Crippen molar-refractivity contribution in [2.75, 3.05) is 33.3 Å². The third kappa shape index (κ3) is 9.76. The molecule has 2 rings (SSSR count). The monoisotopic (exact) mass is 427 g/mol. The highest BCUT2D eigenvalue weighted by atomic mass is 16.5. The van der Waals surface area contributed by atoms with E-state index in [0.717, 1.165) is 10.8 Å². The van der Waals surface area contributed by atoms with E-state index in [1.165, 1.54) is 89.1 Å². The average molecular weight is 427 g/mol. The predicted molar refractivity (Wildman–Crippen MR) is 136 cm³/mol.